The van der Waals surface area contributed by atoms with Crippen molar-refractivity contribution in [3.8, 4) is 17.1 Å². The second-order valence-corrected chi connectivity index (χ2v) is 11.4. The van der Waals surface area contributed by atoms with E-state index >= 15 is 0 Å². The number of furan rings is 1. The first kappa shape index (κ1) is 35.7. The highest BCUT2D eigenvalue weighted by Gasteiger charge is 2.23. The van der Waals surface area contributed by atoms with Crippen molar-refractivity contribution in [3.05, 3.63) is 71.8 Å². The average Bonchev–Trinajstić information content (AvgIpc) is 3.70. The molecule has 1 aliphatic heterocycles. The van der Waals surface area contributed by atoms with Gasteiger partial charge in [-0.25, -0.2) is 9.67 Å². The van der Waals surface area contributed by atoms with Crippen molar-refractivity contribution in [2.24, 2.45) is 0 Å². The standard InChI is InChI=1S/C30H35N5O2.C5H13N.C2H6/c1-5-8-21(3)17-24(9-6-2)27-18-26-28(37-27)29(34-12-14-36-15-13-34)33-30(32-26)35-20-25(19-31-35)23-11-7-10-22(4)16-23;1-4-5-6(2)3;1-2/h7-8,10-11,16-20H,5-6,9,12-15H2,1-4H3;4-5H2,1-3H3;1-2H3/b21-8+,24-17+;;. The maximum atomic E-state index is 6.49. The second kappa shape index (κ2) is 18.3. The van der Waals surface area contributed by atoms with Gasteiger partial charge in [-0.1, -0.05) is 88.6 Å². The van der Waals surface area contributed by atoms with Crippen molar-refractivity contribution >= 4 is 22.5 Å². The molecule has 0 radical (unpaired) electrons. The first-order valence-electron chi connectivity index (χ1n) is 16.6. The van der Waals surface area contributed by atoms with Crippen molar-refractivity contribution in [2.45, 2.75) is 74.1 Å². The Balaban J connectivity index is 0.000000620. The van der Waals surface area contributed by atoms with Gasteiger partial charge in [0.05, 0.1) is 19.4 Å². The summed E-state index contributed by atoms with van der Waals surface area (Å²) in [5, 5.41) is 4.62. The third kappa shape index (κ3) is 10.1. The lowest BCUT2D eigenvalue weighted by Crippen LogP contribution is -2.37. The molecule has 1 saturated heterocycles. The van der Waals surface area contributed by atoms with E-state index in [1.807, 2.05) is 26.2 Å². The zero-order chi connectivity index (χ0) is 32.8. The molecule has 1 aromatic carbocycles. The minimum Gasteiger partial charge on any atom is -0.451 e. The molecule has 1 fully saturated rings. The molecule has 0 bridgehead atoms. The minimum absolute atomic E-state index is 0.531. The Labute approximate surface area is 270 Å². The van der Waals surface area contributed by atoms with Gasteiger partial charge in [0, 0.05) is 30.9 Å². The first-order chi connectivity index (χ1) is 21.8. The monoisotopic (exact) mass is 614 g/mol. The number of ether oxygens (including phenoxy) is 1. The van der Waals surface area contributed by atoms with E-state index in [4.69, 9.17) is 19.1 Å². The molecule has 0 spiro atoms. The van der Waals surface area contributed by atoms with Crippen LogP contribution in [0.1, 0.15) is 78.5 Å². The predicted molar refractivity (Wildman–Crippen MR) is 189 cm³/mol. The van der Waals surface area contributed by atoms with E-state index < -0.39 is 0 Å². The van der Waals surface area contributed by atoms with E-state index in [1.165, 1.54) is 29.7 Å². The van der Waals surface area contributed by atoms with Crippen LogP contribution in [0.4, 0.5) is 5.82 Å². The predicted octanol–water partition coefficient (Wildman–Crippen LogP) is 8.74. The van der Waals surface area contributed by atoms with Crippen molar-refractivity contribution in [2.75, 3.05) is 51.8 Å². The number of aromatic nitrogens is 4. The molecule has 0 amide bonds. The Kier molecular flexibility index (Phi) is 14.5. The van der Waals surface area contributed by atoms with Crippen LogP contribution in [-0.2, 0) is 4.74 Å². The SMILES string of the molecule is CC.CC/C=C(C)/C=C(\CCC)c1cc2nc(-n3cc(-c4cccc(C)c4)cn3)nc(N3CCOCC3)c2o1.CCCN(C)C. The van der Waals surface area contributed by atoms with Crippen LogP contribution in [0.2, 0.25) is 0 Å². The van der Waals surface area contributed by atoms with E-state index in [0.717, 1.165) is 60.6 Å². The fraction of sp³-hybridized carbons (Fsp3) is 0.486. The zero-order valence-electron chi connectivity index (χ0n) is 29.1. The lowest BCUT2D eigenvalue weighted by Gasteiger charge is -2.27. The number of hydrogen-bond donors (Lipinski definition) is 0. The topological polar surface area (TPSA) is 72.5 Å². The molecule has 3 aromatic heterocycles. The maximum Gasteiger partial charge on any atom is 0.253 e. The Morgan fingerprint density at radius 3 is 2.38 bits per heavy atom. The van der Waals surface area contributed by atoms with Gasteiger partial charge in [0.15, 0.2) is 11.4 Å². The summed E-state index contributed by atoms with van der Waals surface area (Å²) in [5.41, 5.74) is 7.28. The number of aryl methyl sites for hydroxylation is 1. The van der Waals surface area contributed by atoms with Gasteiger partial charge in [0.2, 0.25) is 0 Å². The molecular weight excluding hydrogens is 560 g/mol. The normalized spacial score (nSPS) is 13.9. The molecule has 8 nitrogen and oxygen atoms in total. The summed E-state index contributed by atoms with van der Waals surface area (Å²) in [6.45, 7) is 18.8. The third-order valence-corrected chi connectivity index (χ3v) is 7.23. The molecular formula is C37H54N6O2. The summed E-state index contributed by atoms with van der Waals surface area (Å²) in [5.74, 6) is 2.17. The van der Waals surface area contributed by atoms with Crippen LogP contribution in [0.5, 0.6) is 0 Å². The molecule has 0 unspecified atom stereocenters. The van der Waals surface area contributed by atoms with Crippen LogP contribution in [0.3, 0.4) is 0 Å². The molecule has 0 aliphatic carbocycles. The van der Waals surface area contributed by atoms with Crippen molar-refractivity contribution < 1.29 is 9.15 Å². The number of anilines is 1. The quantitative estimate of drug-likeness (QED) is 0.165. The van der Waals surface area contributed by atoms with Crippen molar-refractivity contribution in [1.82, 2.24) is 24.6 Å². The number of rotatable bonds is 10. The fourth-order valence-electron chi connectivity index (χ4n) is 5.20. The van der Waals surface area contributed by atoms with Gasteiger partial charge in [-0.15, -0.1) is 0 Å². The van der Waals surface area contributed by atoms with Crippen LogP contribution < -0.4 is 4.90 Å². The summed E-state index contributed by atoms with van der Waals surface area (Å²) in [6, 6.07) is 10.5. The highest BCUT2D eigenvalue weighted by molar-refractivity contribution is 5.88. The van der Waals surface area contributed by atoms with Gasteiger partial charge in [-0.3, -0.25) is 0 Å². The molecule has 244 valence electrons. The summed E-state index contributed by atoms with van der Waals surface area (Å²) in [7, 11) is 4.17. The van der Waals surface area contributed by atoms with E-state index in [-0.39, 0.29) is 0 Å². The number of fused-ring (bicyclic) bond motifs is 1. The molecule has 1 aliphatic rings. The van der Waals surface area contributed by atoms with Gasteiger partial charge < -0.3 is 19.0 Å². The summed E-state index contributed by atoms with van der Waals surface area (Å²) in [6.07, 6.45) is 12.5. The molecule has 4 heterocycles. The van der Waals surface area contributed by atoms with Crippen LogP contribution >= 0.6 is 0 Å². The number of morpholine rings is 1. The molecule has 4 aromatic rings. The lowest BCUT2D eigenvalue weighted by atomic mass is 10.0. The largest absolute Gasteiger partial charge is 0.451 e. The molecule has 45 heavy (non-hydrogen) atoms. The smallest absolute Gasteiger partial charge is 0.253 e. The van der Waals surface area contributed by atoms with Gasteiger partial charge in [0.1, 0.15) is 11.3 Å². The Morgan fingerprint density at radius 2 is 1.76 bits per heavy atom. The molecule has 0 atom stereocenters. The van der Waals surface area contributed by atoms with Crippen molar-refractivity contribution in [1.29, 1.82) is 0 Å². The van der Waals surface area contributed by atoms with Gasteiger partial charge >= 0.3 is 0 Å². The van der Waals surface area contributed by atoms with Crippen LogP contribution in [0.25, 0.3) is 33.7 Å². The average molecular weight is 615 g/mol. The highest BCUT2D eigenvalue weighted by atomic mass is 16.5. The highest BCUT2D eigenvalue weighted by Crippen LogP contribution is 2.33. The Bertz CT molecular complexity index is 1520. The summed E-state index contributed by atoms with van der Waals surface area (Å²) < 4.78 is 13.9. The number of allylic oxidation sites excluding steroid dienone is 4. The van der Waals surface area contributed by atoms with E-state index in [1.54, 1.807) is 4.68 Å². The Morgan fingerprint density at radius 1 is 1.00 bits per heavy atom. The maximum absolute atomic E-state index is 6.49. The van der Waals surface area contributed by atoms with Crippen LogP contribution in [0.15, 0.2) is 64.9 Å². The van der Waals surface area contributed by atoms with E-state index in [9.17, 15) is 0 Å². The molecule has 8 heteroatoms. The minimum atomic E-state index is 0.531. The molecule has 0 saturated carbocycles. The summed E-state index contributed by atoms with van der Waals surface area (Å²) in [4.78, 5) is 14.3. The third-order valence-electron chi connectivity index (χ3n) is 7.23. The van der Waals surface area contributed by atoms with Gasteiger partial charge in [-0.2, -0.15) is 10.1 Å². The van der Waals surface area contributed by atoms with Gasteiger partial charge in [-0.05, 0) is 64.9 Å². The van der Waals surface area contributed by atoms with Crippen LogP contribution in [-0.4, -0.2) is 71.6 Å². The second-order valence-electron chi connectivity index (χ2n) is 11.4. The van der Waals surface area contributed by atoms with Crippen LogP contribution in [0, 0.1) is 6.92 Å². The van der Waals surface area contributed by atoms with E-state index in [2.05, 4.69) is 106 Å². The van der Waals surface area contributed by atoms with Crippen molar-refractivity contribution in [3.63, 3.8) is 0 Å². The lowest BCUT2D eigenvalue weighted by molar-refractivity contribution is 0.122. The zero-order valence-corrected chi connectivity index (χ0v) is 29.1. The van der Waals surface area contributed by atoms with Gasteiger partial charge in [0.25, 0.3) is 5.95 Å². The number of nitrogens with zero attached hydrogens (tertiary/aromatic N) is 6. The summed E-state index contributed by atoms with van der Waals surface area (Å²) >= 11 is 0. The molecule has 0 N–H and O–H groups in total. The number of benzene rings is 1. The molecule has 5 rings (SSSR count). The fourth-order valence-corrected chi connectivity index (χ4v) is 5.20. The Hall–Kier alpha value is -3.75. The first-order valence-corrected chi connectivity index (χ1v) is 16.6. The number of hydrogen-bond acceptors (Lipinski definition) is 7. The van der Waals surface area contributed by atoms with E-state index in [0.29, 0.717) is 24.7 Å².